The Balaban J connectivity index is 1.35. The molecule has 3 aliphatic heterocycles. The van der Waals surface area contributed by atoms with Crippen LogP contribution in [0.25, 0.3) is 9.75 Å². The van der Waals surface area contributed by atoms with Gasteiger partial charge >= 0.3 is 17.5 Å². The van der Waals surface area contributed by atoms with E-state index in [9.17, 15) is 19.2 Å². The van der Waals surface area contributed by atoms with Crippen molar-refractivity contribution in [2.45, 2.75) is 32.7 Å². The number of hydrogen-bond acceptors (Lipinski definition) is 17. The number of thioether (sulfide) groups is 2. The second kappa shape index (κ2) is 14.9. The molecule has 0 unspecified atom stereocenters. The molecule has 2 aromatic heterocycles. The molecule has 13 nitrogen and oxygen atoms in total. The number of fused-ring (bicyclic) bond motifs is 3. The predicted molar refractivity (Wildman–Crippen MR) is 207 cm³/mol. The highest BCUT2D eigenvalue weighted by Gasteiger charge is 2.61. The molecule has 4 aromatic rings. The van der Waals surface area contributed by atoms with Crippen molar-refractivity contribution >= 4 is 123 Å². The molecule has 3 aliphatic rings. The average Bonchev–Trinajstić information content (AvgIpc) is 3.89. The summed E-state index contributed by atoms with van der Waals surface area (Å²) in [4.78, 5) is 76.3. The lowest BCUT2D eigenvalue weighted by atomic mass is 9.95. The molecule has 0 spiro atoms. The van der Waals surface area contributed by atoms with Gasteiger partial charge in [0.25, 0.3) is 11.8 Å². The van der Waals surface area contributed by atoms with Gasteiger partial charge in [0.05, 0.1) is 4.88 Å². The number of aromatic nitrogens is 2. The van der Waals surface area contributed by atoms with Gasteiger partial charge in [-0.2, -0.15) is 4.98 Å². The van der Waals surface area contributed by atoms with Crippen LogP contribution < -0.4 is 4.74 Å². The molecule has 7 rings (SSSR count). The number of aliphatic imine (C=N–C) groups is 2. The number of thiazole rings is 2. The molecule has 264 valence electrons. The standard InChI is InChI=1S/C33H24N6O7S6/c1-3-38-25(40)23(51-31(38)47)36-29-34-21-19(49-29)20-22(35-30(50-20)37-24-26(41)39(4-2)32(48)52-24)46-33(21,27(42)44-15-17-11-7-5-8-12-17)28(43)45-16-18-13-9-6-10-14-18/h5-14H,3-4,15-16H2,1-2H3/b36-23-,37-24-. The molecular weight excluding hydrogens is 785 g/mol. The van der Waals surface area contributed by atoms with Crippen LogP contribution in [-0.2, 0) is 47.5 Å². The van der Waals surface area contributed by atoms with Gasteiger partial charge in [-0.05, 0) is 48.5 Å². The molecule has 0 atom stereocenters. The number of carbonyl (C=O) groups is 4. The Morgan fingerprint density at radius 3 is 1.67 bits per heavy atom. The molecule has 2 saturated heterocycles. The van der Waals surface area contributed by atoms with E-state index in [4.69, 9.17) is 38.6 Å². The summed E-state index contributed by atoms with van der Waals surface area (Å²) in [6, 6.07) is 17.8. The summed E-state index contributed by atoms with van der Waals surface area (Å²) in [7, 11) is 0. The molecule has 0 N–H and O–H groups in total. The van der Waals surface area contributed by atoms with Gasteiger partial charge in [0.1, 0.15) is 32.4 Å². The van der Waals surface area contributed by atoms with Crippen LogP contribution in [-0.4, -0.2) is 75.3 Å². The minimum Gasteiger partial charge on any atom is -0.457 e. The Bertz CT molecular complexity index is 2150. The van der Waals surface area contributed by atoms with E-state index in [2.05, 4.69) is 20.0 Å². The zero-order chi connectivity index (χ0) is 36.6. The summed E-state index contributed by atoms with van der Waals surface area (Å²) >= 11 is 14.8. The van der Waals surface area contributed by atoms with Crippen LogP contribution >= 0.6 is 70.6 Å². The average molecular weight is 809 g/mol. The van der Waals surface area contributed by atoms with Crippen LogP contribution in [0.2, 0.25) is 0 Å². The second-order valence-electron chi connectivity index (χ2n) is 10.9. The third-order valence-corrected chi connectivity index (χ3v) is 12.4. The van der Waals surface area contributed by atoms with Crippen molar-refractivity contribution in [2.75, 3.05) is 13.1 Å². The molecule has 52 heavy (non-hydrogen) atoms. The summed E-state index contributed by atoms with van der Waals surface area (Å²) in [5.41, 5.74) is -1.44. The Hall–Kier alpha value is -4.40. The van der Waals surface area contributed by atoms with Crippen LogP contribution in [0.1, 0.15) is 30.7 Å². The van der Waals surface area contributed by atoms with Crippen LogP contribution in [0, 0.1) is 0 Å². The van der Waals surface area contributed by atoms with E-state index in [-0.39, 0.29) is 51.0 Å². The van der Waals surface area contributed by atoms with E-state index in [1.54, 1.807) is 62.4 Å². The van der Waals surface area contributed by atoms with E-state index in [0.717, 1.165) is 46.2 Å². The molecule has 2 amide bonds. The van der Waals surface area contributed by atoms with E-state index >= 15 is 0 Å². The Labute approximate surface area is 323 Å². The molecule has 2 fully saturated rings. The van der Waals surface area contributed by atoms with Crippen molar-refractivity contribution in [2.24, 2.45) is 9.98 Å². The number of esters is 2. The van der Waals surface area contributed by atoms with E-state index < -0.39 is 23.4 Å². The molecule has 19 heteroatoms. The lowest BCUT2D eigenvalue weighted by Crippen LogP contribution is -2.52. The van der Waals surface area contributed by atoms with Crippen molar-refractivity contribution in [3.63, 3.8) is 0 Å². The number of hydrogen-bond donors (Lipinski definition) is 0. The fourth-order valence-electron chi connectivity index (χ4n) is 5.13. The van der Waals surface area contributed by atoms with Gasteiger partial charge < -0.3 is 14.2 Å². The molecule has 5 heterocycles. The smallest absolute Gasteiger partial charge is 0.369 e. The fraction of sp³-hybridized carbons (Fsp3) is 0.212. The van der Waals surface area contributed by atoms with Crippen molar-refractivity contribution in [1.82, 2.24) is 19.8 Å². The first-order valence-corrected chi connectivity index (χ1v) is 19.6. The van der Waals surface area contributed by atoms with Crippen LogP contribution in [0.3, 0.4) is 0 Å². The zero-order valence-corrected chi connectivity index (χ0v) is 32.0. The maximum absolute atomic E-state index is 14.4. The Morgan fingerprint density at radius 2 is 1.21 bits per heavy atom. The van der Waals surface area contributed by atoms with E-state index in [1.807, 2.05) is 12.1 Å². The molecule has 0 saturated carbocycles. The molecule has 2 aromatic carbocycles. The number of carbonyl (C=O) groups excluding carboxylic acids is 4. The monoisotopic (exact) mass is 808 g/mol. The molecule has 0 bridgehead atoms. The fourth-order valence-corrected chi connectivity index (χ4v) is 9.76. The van der Waals surface area contributed by atoms with Gasteiger partial charge in [0, 0.05) is 13.1 Å². The Kier molecular flexibility index (Phi) is 10.3. The van der Waals surface area contributed by atoms with Crippen molar-refractivity contribution < 1.29 is 33.4 Å². The highest BCUT2D eigenvalue weighted by molar-refractivity contribution is 8.35. The van der Waals surface area contributed by atoms with Crippen molar-refractivity contribution in [1.29, 1.82) is 0 Å². The van der Waals surface area contributed by atoms with Crippen LogP contribution in [0.15, 0.2) is 70.6 Å². The maximum atomic E-state index is 14.4. The van der Waals surface area contributed by atoms with Gasteiger partial charge in [-0.1, -0.05) is 108 Å². The van der Waals surface area contributed by atoms with Gasteiger partial charge in [0.15, 0.2) is 10.1 Å². The predicted octanol–water partition coefficient (Wildman–Crippen LogP) is 6.16. The van der Waals surface area contributed by atoms with Gasteiger partial charge in [0.2, 0.25) is 16.1 Å². The van der Waals surface area contributed by atoms with E-state index in [0.29, 0.717) is 42.6 Å². The topological polar surface area (TPSA) is 153 Å². The number of ether oxygens (including phenoxy) is 3. The normalized spacial score (nSPS) is 17.8. The van der Waals surface area contributed by atoms with Crippen molar-refractivity contribution in [3.8, 4) is 15.6 Å². The van der Waals surface area contributed by atoms with Gasteiger partial charge in [-0.25, -0.2) is 24.6 Å². The number of rotatable bonds is 10. The van der Waals surface area contributed by atoms with E-state index in [1.165, 1.54) is 9.80 Å². The number of thiocarbonyl (C=S) groups is 2. The highest BCUT2D eigenvalue weighted by Crippen LogP contribution is 2.54. The third kappa shape index (κ3) is 6.67. The summed E-state index contributed by atoms with van der Waals surface area (Å²) in [5.74, 6) is -3.12. The maximum Gasteiger partial charge on any atom is 0.369 e. The van der Waals surface area contributed by atoms with Gasteiger partial charge in [-0.3, -0.25) is 19.4 Å². The van der Waals surface area contributed by atoms with Crippen LogP contribution in [0.4, 0.5) is 10.3 Å². The van der Waals surface area contributed by atoms with Gasteiger partial charge in [-0.15, -0.1) is 0 Å². The number of nitrogens with zero attached hydrogens (tertiary/aromatic N) is 6. The number of benzene rings is 2. The SMILES string of the molecule is CCN1C(=O)/C(=N/c2nc3c(s2)-c2sc(/N=C4\SC(=S)N(CC)C4=O)nc2C(C(=O)OCc2ccccc2)(C(=O)OCc2ccccc2)O3)SC1=S. The minimum atomic E-state index is -2.60. The number of amides is 2. The highest BCUT2D eigenvalue weighted by atomic mass is 32.2. The molecular formula is C33H24N6O7S6. The minimum absolute atomic E-state index is 0.0425. The quantitative estimate of drug-likeness (QED) is 0.102. The third-order valence-electron chi connectivity index (χ3n) is 7.68. The first-order chi connectivity index (χ1) is 25.1. The molecule has 0 radical (unpaired) electrons. The molecule has 0 aliphatic carbocycles. The zero-order valence-electron chi connectivity index (χ0n) is 27.1. The first-order valence-electron chi connectivity index (χ1n) is 15.5. The summed E-state index contributed by atoms with van der Waals surface area (Å²) in [6.07, 6.45) is 0. The largest absolute Gasteiger partial charge is 0.457 e. The first kappa shape index (κ1) is 36.0. The second-order valence-corrected chi connectivity index (χ2v) is 16.1. The lowest BCUT2D eigenvalue weighted by Gasteiger charge is -2.31. The Morgan fingerprint density at radius 1 is 0.750 bits per heavy atom. The summed E-state index contributed by atoms with van der Waals surface area (Å²) < 4.78 is 18.5. The van der Waals surface area contributed by atoms with Crippen molar-refractivity contribution in [3.05, 3.63) is 77.5 Å². The lowest BCUT2D eigenvalue weighted by molar-refractivity contribution is -0.184. The summed E-state index contributed by atoms with van der Waals surface area (Å²) in [5, 5.41) is 0.331. The summed E-state index contributed by atoms with van der Waals surface area (Å²) in [6.45, 7) is 3.92. The van der Waals surface area contributed by atoms with Crippen LogP contribution in [0.5, 0.6) is 5.88 Å².